The van der Waals surface area contributed by atoms with Gasteiger partial charge in [-0.3, -0.25) is 0 Å². The van der Waals surface area contributed by atoms with E-state index in [2.05, 4.69) is 4.72 Å². The van der Waals surface area contributed by atoms with Crippen LogP contribution in [0.15, 0.2) is 47.4 Å². The van der Waals surface area contributed by atoms with Crippen LogP contribution in [-0.2, 0) is 23.1 Å². The standard InChI is InChI=1S/C14H14F2N2O2S/c15-12-4-1-10(2-5-12)9-18-21(19,20)14-6-3-11(8-17)7-13(14)16/h1-7,18H,8-9,17H2. The fraction of sp³-hybridized carbons (Fsp3) is 0.143. The molecule has 21 heavy (non-hydrogen) atoms. The number of nitrogens with one attached hydrogen (secondary N) is 1. The lowest BCUT2D eigenvalue weighted by Crippen LogP contribution is -2.24. The van der Waals surface area contributed by atoms with Crippen molar-refractivity contribution in [2.45, 2.75) is 18.0 Å². The smallest absolute Gasteiger partial charge is 0.243 e. The first-order valence-corrected chi connectivity index (χ1v) is 7.63. The van der Waals surface area contributed by atoms with Gasteiger partial charge in [0.05, 0.1) is 0 Å². The second-order valence-corrected chi connectivity index (χ2v) is 6.16. The largest absolute Gasteiger partial charge is 0.326 e. The van der Waals surface area contributed by atoms with Gasteiger partial charge in [-0.05, 0) is 35.4 Å². The van der Waals surface area contributed by atoms with Crippen molar-refractivity contribution >= 4 is 10.0 Å². The second kappa shape index (κ2) is 6.30. The quantitative estimate of drug-likeness (QED) is 0.886. The van der Waals surface area contributed by atoms with Crippen molar-refractivity contribution in [2.24, 2.45) is 5.73 Å². The third kappa shape index (κ3) is 3.84. The van der Waals surface area contributed by atoms with E-state index >= 15 is 0 Å². The molecule has 0 fully saturated rings. The normalized spacial score (nSPS) is 11.6. The first-order chi connectivity index (χ1) is 9.92. The summed E-state index contributed by atoms with van der Waals surface area (Å²) in [5, 5.41) is 0. The van der Waals surface area contributed by atoms with Crippen molar-refractivity contribution < 1.29 is 17.2 Å². The molecule has 0 spiro atoms. The van der Waals surface area contributed by atoms with E-state index in [1.807, 2.05) is 0 Å². The molecule has 0 radical (unpaired) electrons. The summed E-state index contributed by atoms with van der Waals surface area (Å²) in [6.45, 7) is 0.0704. The van der Waals surface area contributed by atoms with Crippen molar-refractivity contribution in [1.82, 2.24) is 4.72 Å². The zero-order valence-electron chi connectivity index (χ0n) is 11.0. The number of rotatable bonds is 5. The molecule has 112 valence electrons. The third-order valence-corrected chi connectivity index (χ3v) is 4.34. The Morgan fingerprint density at radius 1 is 1.00 bits per heavy atom. The Balaban J connectivity index is 2.16. The third-order valence-electron chi connectivity index (χ3n) is 2.90. The molecule has 7 heteroatoms. The van der Waals surface area contributed by atoms with Crippen LogP contribution in [0.5, 0.6) is 0 Å². The van der Waals surface area contributed by atoms with Gasteiger partial charge in [0.1, 0.15) is 16.5 Å². The minimum atomic E-state index is -3.98. The van der Waals surface area contributed by atoms with Crippen molar-refractivity contribution in [3.05, 3.63) is 65.2 Å². The number of halogens is 2. The summed E-state index contributed by atoms with van der Waals surface area (Å²) in [5.41, 5.74) is 6.44. The Labute approximate surface area is 121 Å². The van der Waals surface area contributed by atoms with Gasteiger partial charge in [0.25, 0.3) is 0 Å². The summed E-state index contributed by atoms with van der Waals surface area (Å²) in [5.74, 6) is -1.27. The topological polar surface area (TPSA) is 72.2 Å². The lowest BCUT2D eigenvalue weighted by molar-refractivity contribution is 0.556. The lowest BCUT2D eigenvalue weighted by Gasteiger charge is -2.09. The maximum Gasteiger partial charge on any atom is 0.243 e. The van der Waals surface area contributed by atoms with Gasteiger partial charge in [0.15, 0.2) is 0 Å². The molecular formula is C14H14F2N2O2S. The van der Waals surface area contributed by atoms with Crippen LogP contribution in [0.4, 0.5) is 8.78 Å². The molecule has 0 saturated heterocycles. The highest BCUT2D eigenvalue weighted by Crippen LogP contribution is 2.16. The van der Waals surface area contributed by atoms with Crippen molar-refractivity contribution in [3.63, 3.8) is 0 Å². The first kappa shape index (κ1) is 15.6. The highest BCUT2D eigenvalue weighted by molar-refractivity contribution is 7.89. The minimum Gasteiger partial charge on any atom is -0.326 e. The average molecular weight is 312 g/mol. The van der Waals surface area contributed by atoms with E-state index in [1.54, 1.807) is 0 Å². The minimum absolute atomic E-state index is 0.0549. The van der Waals surface area contributed by atoms with Crippen molar-refractivity contribution in [3.8, 4) is 0 Å². The second-order valence-electron chi connectivity index (χ2n) is 4.42. The molecular weight excluding hydrogens is 298 g/mol. The Kier molecular flexibility index (Phi) is 4.66. The molecule has 0 amide bonds. The summed E-state index contributed by atoms with van der Waals surface area (Å²) in [7, 11) is -3.98. The molecule has 0 aliphatic carbocycles. The van der Waals surface area contributed by atoms with Crippen LogP contribution in [0.25, 0.3) is 0 Å². The molecule has 3 N–H and O–H groups in total. The molecule has 2 rings (SSSR count). The van der Waals surface area contributed by atoms with Gasteiger partial charge in [0, 0.05) is 13.1 Å². The molecule has 0 unspecified atom stereocenters. The van der Waals surface area contributed by atoms with E-state index in [-0.39, 0.29) is 13.1 Å². The van der Waals surface area contributed by atoms with Crippen LogP contribution in [0.2, 0.25) is 0 Å². The van der Waals surface area contributed by atoms with Gasteiger partial charge in [-0.2, -0.15) is 0 Å². The maximum absolute atomic E-state index is 13.8. The van der Waals surface area contributed by atoms with Gasteiger partial charge in [0.2, 0.25) is 10.0 Å². The molecule has 2 aromatic carbocycles. The SMILES string of the molecule is NCc1ccc(S(=O)(=O)NCc2ccc(F)cc2)c(F)c1. The molecule has 0 bridgehead atoms. The predicted octanol–water partition coefficient (Wildman–Crippen LogP) is 1.90. The first-order valence-electron chi connectivity index (χ1n) is 6.15. The molecule has 0 aliphatic rings. The number of nitrogens with two attached hydrogens (primary N) is 1. The number of hydrogen-bond acceptors (Lipinski definition) is 3. The van der Waals surface area contributed by atoms with E-state index < -0.39 is 26.6 Å². The Hall–Kier alpha value is -1.83. The van der Waals surface area contributed by atoms with Gasteiger partial charge < -0.3 is 5.73 Å². The zero-order valence-corrected chi connectivity index (χ0v) is 11.8. The summed E-state index contributed by atoms with van der Waals surface area (Å²) in [6, 6.07) is 9.06. The molecule has 0 aromatic heterocycles. The fourth-order valence-corrected chi connectivity index (χ4v) is 2.82. The highest BCUT2D eigenvalue weighted by atomic mass is 32.2. The van der Waals surface area contributed by atoms with Gasteiger partial charge >= 0.3 is 0 Å². The summed E-state index contributed by atoms with van der Waals surface area (Å²) in [6.07, 6.45) is 0. The summed E-state index contributed by atoms with van der Waals surface area (Å²) in [4.78, 5) is -0.443. The van der Waals surface area contributed by atoms with Gasteiger partial charge in [-0.1, -0.05) is 18.2 Å². The number of benzene rings is 2. The lowest BCUT2D eigenvalue weighted by atomic mass is 10.2. The fourth-order valence-electron chi connectivity index (χ4n) is 1.75. The summed E-state index contributed by atoms with van der Waals surface area (Å²) >= 11 is 0. The Morgan fingerprint density at radius 3 is 2.19 bits per heavy atom. The van der Waals surface area contributed by atoms with Crippen LogP contribution in [0.1, 0.15) is 11.1 Å². The van der Waals surface area contributed by atoms with E-state index in [1.165, 1.54) is 36.4 Å². The van der Waals surface area contributed by atoms with Crippen LogP contribution in [-0.4, -0.2) is 8.42 Å². The molecule has 0 atom stereocenters. The Morgan fingerprint density at radius 2 is 1.62 bits per heavy atom. The monoisotopic (exact) mass is 312 g/mol. The van der Waals surface area contributed by atoms with Crippen LogP contribution in [0, 0.1) is 11.6 Å². The summed E-state index contributed by atoms with van der Waals surface area (Å²) < 4.78 is 52.9. The number of hydrogen-bond donors (Lipinski definition) is 2. The molecule has 4 nitrogen and oxygen atoms in total. The average Bonchev–Trinajstić information content (AvgIpc) is 2.46. The van der Waals surface area contributed by atoms with Crippen LogP contribution >= 0.6 is 0 Å². The van der Waals surface area contributed by atoms with Crippen LogP contribution < -0.4 is 10.5 Å². The van der Waals surface area contributed by atoms with E-state index in [0.29, 0.717) is 11.1 Å². The van der Waals surface area contributed by atoms with Crippen molar-refractivity contribution in [1.29, 1.82) is 0 Å². The molecule has 0 saturated carbocycles. The zero-order chi connectivity index (χ0) is 15.5. The number of sulfonamides is 1. The van der Waals surface area contributed by atoms with E-state index in [4.69, 9.17) is 5.73 Å². The maximum atomic E-state index is 13.8. The highest BCUT2D eigenvalue weighted by Gasteiger charge is 2.18. The predicted molar refractivity (Wildman–Crippen MR) is 74.7 cm³/mol. The Bertz CT molecular complexity index is 731. The molecule has 2 aromatic rings. The van der Waals surface area contributed by atoms with Crippen molar-refractivity contribution in [2.75, 3.05) is 0 Å². The van der Waals surface area contributed by atoms with Gasteiger partial charge in [-0.25, -0.2) is 21.9 Å². The molecule has 0 heterocycles. The van der Waals surface area contributed by atoms with E-state index in [9.17, 15) is 17.2 Å². The van der Waals surface area contributed by atoms with E-state index in [0.717, 1.165) is 6.07 Å². The van der Waals surface area contributed by atoms with Gasteiger partial charge in [-0.15, -0.1) is 0 Å². The van der Waals surface area contributed by atoms with Crippen LogP contribution in [0.3, 0.4) is 0 Å². The molecule has 0 aliphatic heterocycles.